The third-order valence-electron chi connectivity index (χ3n) is 9.45. The second kappa shape index (κ2) is 9.83. The van der Waals surface area contributed by atoms with Gasteiger partial charge in [-0.2, -0.15) is 0 Å². The molecule has 6 aliphatic rings. The molecule has 6 fully saturated rings. The monoisotopic (exact) mass is 502 g/mol. The van der Waals surface area contributed by atoms with Crippen LogP contribution in [0.1, 0.15) is 79.1 Å². The molecule has 4 N–H and O–H groups in total. The molecule has 0 bridgehead atoms. The fourth-order valence-corrected chi connectivity index (χ4v) is 7.29. The average molecular weight is 503 g/mol. The minimum absolute atomic E-state index is 0.000808. The summed E-state index contributed by atoms with van der Waals surface area (Å²) >= 11 is 0. The second-order valence-electron chi connectivity index (χ2n) is 13.1. The SMILES string of the molecule is CC(C)OC1CCC(NC(=O)[C@@H]2N[C@H]2C2CC2C2CC2[C@@H]2N[C@H]2C(=O)NC2CC(OC(C)C)C2)CC1. The third kappa shape index (κ3) is 5.62. The summed E-state index contributed by atoms with van der Waals surface area (Å²) in [7, 11) is 0. The smallest absolute Gasteiger partial charge is 0.238 e. The molecule has 2 saturated heterocycles. The van der Waals surface area contributed by atoms with Gasteiger partial charge in [-0.1, -0.05) is 0 Å². The number of nitrogens with one attached hydrogen (secondary N) is 4. The number of rotatable bonds is 11. The Morgan fingerprint density at radius 1 is 0.639 bits per heavy atom. The van der Waals surface area contributed by atoms with Crippen LogP contribution in [-0.4, -0.2) is 72.5 Å². The summed E-state index contributed by atoms with van der Waals surface area (Å²) in [5.74, 6) is 3.13. The van der Waals surface area contributed by atoms with Gasteiger partial charge in [-0.15, -0.1) is 0 Å². The number of carbonyl (C=O) groups excluding carboxylic acids is 2. The van der Waals surface area contributed by atoms with Crippen LogP contribution in [0.4, 0.5) is 0 Å². The molecule has 8 atom stereocenters. The van der Waals surface area contributed by atoms with Crippen LogP contribution in [0.3, 0.4) is 0 Å². The van der Waals surface area contributed by atoms with Gasteiger partial charge in [0.15, 0.2) is 0 Å². The van der Waals surface area contributed by atoms with Crippen LogP contribution in [0.2, 0.25) is 0 Å². The van der Waals surface area contributed by atoms with Gasteiger partial charge in [0.05, 0.1) is 24.4 Å². The van der Waals surface area contributed by atoms with Crippen LogP contribution in [0.5, 0.6) is 0 Å². The van der Waals surface area contributed by atoms with E-state index in [1.807, 2.05) is 0 Å². The van der Waals surface area contributed by atoms with Gasteiger partial charge in [-0.05, 0) is 103 Å². The molecule has 4 unspecified atom stereocenters. The van der Waals surface area contributed by atoms with Crippen molar-refractivity contribution in [3.8, 4) is 0 Å². The summed E-state index contributed by atoms with van der Waals surface area (Å²) in [6.45, 7) is 8.30. The molecular weight excluding hydrogens is 456 g/mol. The van der Waals surface area contributed by atoms with Crippen molar-refractivity contribution in [2.75, 3.05) is 0 Å². The first-order valence-electron chi connectivity index (χ1n) is 14.7. The van der Waals surface area contributed by atoms with E-state index in [-0.39, 0.29) is 42.1 Å². The summed E-state index contributed by atoms with van der Waals surface area (Å²) in [6.07, 6.45) is 9.67. The first kappa shape index (κ1) is 25.1. The lowest BCUT2D eigenvalue weighted by Gasteiger charge is -2.36. The Morgan fingerprint density at radius 3 is 1.61 bits per heavy atom. The molecule has 202 valence electrons. The Morgan fingerprint density at radius 2 is 1.11 bits per heavy atom. The van der Waals surface area contributed by atoms with Gasteiger partial charge in [0.2, 0.25) is 11.8 Å². The Labute approximate surface area is 215 Å². The van der Waals surface area contributed by atoms with E-state index in [2.05, 4.69) is 49.0 Å². The maximum absolute atomic E-state index is 12.8. The average Bonchev–Trinajstić information content (AvgIpc) is 3.64. The highest BCUT2D eigenvalue weighted by Crippen LogP contribution is 2.62. The number of hydrogen-bond acceptors (Lipinski definition) is 6. The number of ether oxygens (including phenoxy) is 2. The molecule has 4 saturated carbocycles. The lowest BCUT2D eigenvalue weighted by atomic mass is 9.89. The second-order valence-corrected chi connectivity index (χ2v) is 13.1. The van der Waals surface area contributed by atoms with E-state index >= 15 is 0 Å². The van der Waals surface area contributed by atoms with Crippen LogP contribution in [-0.2, 0) is 19.1 Å². The van der Waals surface area contributed by atoms with Crippen molar-refractivity contribution in [1.82, 2.24) is 21.3 Å². The standard InChI is InChI=1S/C28H46N4O4/c1-13(2)35-17-7-5-15(6-8-17)29-27(33)25-23(31-25)21-11-19(21)20-12-22(20)24-26(32-24)28(34)30-16-9-18(10-16)36-14(3)4/h13-26,31-32H,5-12H2,1-4H3,(H,29,33)(H,30,34)/t15?,16?,17?,18?,19?,20?,21?,22?,23-,24-,25+,26+/m0/s1. The van der Waals surface area contributed by atoms with Crippen LogP contribution in [0.15, 0.2) is 0 Å². The summed E-state index contributed by atoms with van der Waals surface area (Å²) in [4.78, 5) is 25.4. The van der Waals surface area contributed by atoms with Gasteiger partial charge in [0, 0.05) is 24.2 Å². The van der Waals surface area contributed by atoms with E-state index in [1.165, 1.54) is 12.8 Å². The quantitative estimate of drug-likeness (QED) is 0.320. The topological polar surface area (TPSA) is 121 Å². The first-order valence-corrected chi connectivity index (χ1v) is 14.7. The molecule has 4 aliphatic carbocycles. The molecule has 8 heteroatoms. The van der Waals surface area contributed by atoms with Crippen molar-refractivity contribution >= 4 is 11.8 Å². The molecular formula is C28H46N4O4. The minimum atomic E-state index is 0.000808. The van der Waals surface area contributed by atoms with E-state index in [1.54, 1.807) is 0 Å². The maximum atomic E-state index is 12.8. The van der Waals surface area contributed by atoms with Crippen LogP contribution >= 0.6 is 0 Å². The van der Waals surface area contributed by atoms with Crippen LogP contribution < -0.4 is 21.3 Å². The van der Waals surface area contributed by atoms with Gasteiger partial charge in [-0.25, -0.2) is 0 Å². The highest BCUT2D eigenvalue weighted by Gasteiger charge is 2.66. The Bertz CT molecular complexity index is 837. The van der Waals surface area contributed by atoms with E-state index in [4.69, 9.17) is 9.47 Å². The van der Waals surface area contributed by atoms with Gasteiger partial charge in [-0.3, -0.25) is 20.2 Å². The Balaban J connectivity index is 0.859. The lowest BCUT2D eigenvalue weighted by Crippen LogP contribution is -2.50. The predicted octanol–water partition coefficient (Wildman–Crippen LogP) is 1.86. The molecule has 0 aromatic rings. The van der Waals surface area contributed by atoms with Crippen molar-refractivity contribution in [2.45, 2.75) is 140 Å². The van der Waals surface area contributed by atoms with E-state index in [9.17, 15) is 9.59 Å². The number of hydrogen-bond donors (Lipinski definition) is 4. The largest absolute Gasteiger partial charge is 0.376 e. The zero-order valence-electron chi connectivity index (χ0n) is 22.4. The highest BCUT2D eigenvalue weighted by molar-refractivity contribution is 5.86. The highest BCUT2D eigenvalue weighted by atomic mass is 16.5. The fraction of sp³-hybridized carbons (Fsp3) is 0.929. The molecule has 2 amide bonds. The van der Waals surface area contributed by atoms with Gasteiger partial charge >= 0.3 is 0 Å². The zero-order chi connectivity index (χ0) is 25.1. The molecule has 0 radical (unpaired) electrons. The van der Waals surface area contributed by atoms with Gasteiger partial charge < -0.3 is 20.1 Å². The zero-order valence-corrected chi connectivity index (χ0v) is 22.4. The first-order chi connectivity index (χ1) is 17.3. The molecule has 0 spiro atoms. The lowest BCUT2D eigenvalue weighted by molar-refractivity contribution is -0.124. The summed E-state index contributed by atoms with van der Waals surface area (Å²) in [5.41, 5.74) is 0. The van der Waals surface area contributed by atoms with Crippen molar-refractivity contribution in [3.63, 3.8) is 0 Å². The van der Waals surface area contributed by atoms with Crippen molar-refractivity contribution < 1.29 is 19.1 Å². The molecule has 0 aromatic heterocycles. The number of carbonyl (C=O) groups is 2. The third-order valence-corrected chi connectivity index (χ3v) is 9.45. The minimum Gasteiger partial charge on any atom is -0.376 e. The molecule has 8 nitrogen and oxygen atoms in total. The predicted molar refractivity (Wildman–Crippen MR) is 136 cm³/mol. The van der Waals surface area contributed by atoms with Crippen molar-refractivity contribution in [3.05, 3.63) is 0 Å². The summed E-state index contributed by atoms with van der Waals surface area (Å²) in [6, 6.07) is 1.31. The molecule has 2 aliphatic heterocycles. The van der Waals surface area contributed by atoms with Crippen LogP contribution in [0.25, 0.3) is 0 Å². The van der Waals surface area contributed by atoms with Gasteiger partial charge in [0.1, 0.15) is 12.1 Å². The Kier molecular flexibility index (Phi) is 6.84. The maximum Gasteiger partial charge on any atom is 0.238 e. The summed E-state index contributed by atoms with van der Waals surface area (Å²) < 4.78 is 11.7. The normalized spacial score (nSPS) is 46.7. The fourth-order valence-electron chi connectivity index (χ4n) is 7.29. The van der Waals surface area contributed by atoms with Crippen molar-refractivity contribution in [1.29, 1.82) is 0 Å². The molecule has 6 rings (SSSR count). The molecule has 0 aromatic carbocycles. The summed E-state index contributed by atoms with van der Waals surface area (Å²) in [5, 5.41) is 13.4. The van der Waals surface area contributed by atoms with Crippen molar-refractivity contribution in [2.24, 2.45) is 23.7 Å². The van der Waals surface area contributed by atoms with Crippen LogP contribution in [0, 0.1) is 23.7 Å². The molecule has 36 heavy (non-hydrogen) atoms. The molecule has 2 heterocycles. The Hall–Kier alpha value is -1.22. The number of amides is 2. The van der Waals surface area contributed by atoms with E-state index in [0.29, 0.717) is 42.2 Å². The van der Waals surface area contributed by atoms with E-state index in [0.717, 1.165) is 50.4 Å². The van der Waals surface area contributed by atoms with Gasteiger partial charge in [0.25, 0.3) is 0 Å². The van der Waals surface area contributed by atoms with E-state index < -0.39 is 0 Å².